The van der Waals surface area contributed by atoms with Gasteiger partial charge in [-0.1, -0.05) is 73.3 Å². The van der Waals surface area contributed by atoms with Crippen LogP contribution in [0.25, 0.3) is 27.6 Å². The number of aromatic nitrogens is 2. The Bertz CT molecular complexity index is 1710. The number of benzene rings is 3. The minimum atomic E-state index is -0.513. The van der Waals surface area contributed by atoms with Crippen molar-refractivity contribution in [1.29, 1.82) is 0 Å². The molecule has 0 amide bonds. The molecule has 3 aromatic carbocycles. The van der Waals surface area contributed by atoms with Crippen molar-refractivity contribution < 1.29 is 13.9 Å². The quantitative estimate of drug-likeness (QED) is 0.152. The van der Waals surface area contributed by atoms with Crippen LogP contribution in [0.1, 0.15) is 28.6 Å². The summed E-state index contributed by atoms with van der Waals surface area (Å²) in [5, 5.41) is 0. The fourth-order valence-electron chi connectivity index (χ4n) is 4.67. The van der Waals surface area contributed by atoms with E-state index in [1.165, 1.54) is 17.4 Å². The first-order valence-electron chi connectivity index (χ1n) is 13.5. The van der Waals surface area contributed by atoms with Gasteiger partial charge in [0.05, 0.1) is 28.3 Å². The van der Waals surface area contributed by atoms with Crippen LogP contribution in [-0.4, -0.2) is 16.2 Å². The van der Waals surface area contributed by atoms with Gasteiger partial charge in [-0.15, -0.1) is 11.3 Å². The van der Waals surface area contributed by atoms with E-state index < -0.39 is 5.82 Å². The maximum absolute atomic E-state index is 15.2. The van der Waals surface area contributed by atoms with Crippen molar-refractivity contribution in [3.63, 3.8) is 0 Å². The third-order valence-corrected chi connectivity index (χ3v) is 7.84. The van der Waals surface area contributed by atoms with Crippen LogP contribution in [0.15, 0.2) is 102 Å². The van der Waals surface area contributed by atoms with Crippen LogP contribution >= 0.6 is 11.3 Å². The largest absolute Gasteiger partial charge is 0.493 e. The first-order valence-corrected chi connectivity index (χ1v) is 14.3. The monoisotopic (exact) mass is 566 g/mol. The average Bonchev–Trinajstić information content (AvgIpc) is 3.47. The first-order chi connectivity index (χ1) is 20.0. The van der Waals surface area contributed by atoms with Gasteiger partial charge >= 0.3 is 0 Å². The Morgan fingerprint density at radius 3 is 2.37 bits per heavy atom. The number of nitrogens with zero attached hydrogens (tertiary/aromatic N) is 2. The molecule has 2 aromatic heterocycles. The lowest BCUT2D eigenvalue weighted by atomic mass is 10.1. The number of aryl methyl sites for hydroxylation is 2. The number of rotatable bonds is 11. The van der Waals surface area contributed by atoms with Gasteiger partial charge in [-0.25, -0.2) is 9.37 Å². The standard InChI is InChI=1S/C34H31FN2O3S/c1-4-39-24(3)29-18-19-30(41-29)31-23(2)36-33(37(34(31)38)21-20-25-12-7-5-8-13-25)27-16-11-17-28(35)32(27)40-22-26-14-9-6-10-15-26/h5-19H,3-4,20-22H2,1-2H3. The molecular weight excluding hydrogens is 535 g/mol. The van der Waals surface area contributed by atoms with E-state index in [2.05, 4.69) is 6.58 Å². The molecule has 0 saturated heterocycles. The molecule has 0 unspecified atom stereocenters. The van der Waals surface area contributed by atoms with E-state index in [4.69, 9.17) is 14.5 Å². The summed E-state index contributed by atoms with van der Waals surface area (Å²) in [4.78, 5) is 20.8. The lowest BCUT2D eigenvalue weighted by molar-refractivity contribution is 0.291. The Morgan fingerprint density at radius 2 is 1.66 bits per heavy atom. The molecule has 5 rings (SSSR count). The number of para-hydroxylation sites is 1. The van der Waals surface area contributed by atoms with Crippen molar-refractivity contribution in [2.75, 3.05) is 6.61 Å². The Kier molecular flexibility index (Phi) is 8.75. The summed E-state index contributed by atoms with van der Waals surface area (Å²) < 4.78 is 28.5. The highest BCUT2D eigenvalue weighted by Gasteiger charge is 2.22. The van der Waals surface area contributed by atoms with E-state index in [0.717, 1.165) is 20.9 Å². The van der Waals surface area contributed by atoms with E-state index in [-0.39, 0.29) is 17.9 Å². The number of halogens is 1. The van der Waals surface area contributed by atoms with Gasteiger partial charge in [0.1, 0.15) is 18.2 Å². The fraction of sp³-hybridized carbons (Fsp3) is 0.176. The van der Waals surface area contributed by atoms with E-state index in [1.54, 1.807) is 16.7 Å². The zero-order valence-corrected chi connectivity index (χ0v) is 23.9. The molecule has 5 nitrogen and oxygen atoms in total. The highest BCUT2D eigenvalue weighted by molar-refractivity contribution is 7.16. The van der Waals surface area contributed by atoms with Gasteiger partial charge in [0.25, 0.3) is 5.56 Å². The highest BCUT2D eigenvalue weighted by atomic mass is 32.1. The van der Waals surface area contributed by atoms with Crippen LogP contribution in [0, 0.1) is 12.7 Å². The van der Waals surface area contributed by atoms with E-state index in [9.17, 15) is 4.79 Å². The first kappa shape index (κ1) is 28.1. The molecular formula is C34H31FN2O3S. The van der Waals surface area contributed by atoms with Crippen molar-refractivity contribution in [3.05, 3.63) is 135 Å². The normalized spacial score (nSPS) is 10.9. The van der Waals surface area contributed by atoms with Crippen molar-refractivity contribution in [2.24, 2.45) is 0 Å². The van der Waals surface area contributed by atoms with Gasteiger partial charge in [-0.05, 0) is 55.7 Å². The van der Waals surface area contributed by atoms with Crippen LogP contribution in [0.3, 0.4) is 0 Å². The minimum Gasteiger partial charge on any atom is -0.493 e. The molecule has 5 aromatic rings. The zero-order chi connectivity index (χ0) is 28.8. The molecule has 0 N–H and O–H groups in total. The second-order valence-corrected chi connectivity index (χ2v) is 10.6. The van der Waals surface area contributed by atoms with Crippen LogP contribution in [0.5, 0.6) is 5.75 Å². The second kappa shape index (κ2) is 12.8. The van der Waals surface area contributed by atoms with Crippen LogP contribution in [0.4, 0.5) is 4.39 Å². The molecule has 41 heavy (non-hydrogen) atoms. The van der Waals surface area contributed by atoms with E-state index in [1.807, 2.05) is 86.6 Å². The molecule has 2 heterocycles. The predicted octanol–water partition coefficient (Wildman–Crippen LogP) is 7.92. The molecule has 0 spiro atoms. The van der Waals surface area contributed by atoms with Gasteiger partial charge in [0.2, 0.25) is 0 Å². The summed E-state index contributed by atoms with van der Waals surface area (Å²) in [6.45, 7) is 8.76. The zero-order valence-electron chi connectivity index (χ0n) is 23.1. The van der Waals surface area contributed by atoms with Gasteiger partial charge in [-0.3, -0.25) is 9.36 Å². The van der Waals surface area contributed by atoms with Crippen molar-refractivity contribution >= 4 is 17.1 Å². The summed E-state index contributed by atoms with van der Waals surface area (Å²) in [6, 6.07) is 28.0. The molecule has 208 valence electrons. The third kappa shape index (κ3) is 6.31. The van der Waals surface area contributed by atoms with E-state index in [0.29, 0.717) is 48.0 Å². The molecule has 0 aliphatic carbocycles. The molecule has 0 fully saturated rings. The maximum Gasteiger partial charge on any atom is 0.262 e. The Hall–Kier alpha value is -4.49. The molecule has 0 aliphatic rings. The number of thiophene rings is 1. The smallest absolute Gasteiger partial charge is 0.262 e. The summed E-state index contributed by atoms with van der Waals surface area (Å²) >= 11 is 1.44. The maximum atomic E-state index is 15.2. The van der Waals surface area contributed by atoms with Crippen molar-refractivity contribution in [2.45, 2.75) is 33.4 Å². The molecule has 0 radical (unpaired) electrons. The fourth-order valence-corrected chi connectivity index (χ4v) is 5.69. The Balaban J connectivity index is 1.61. The molecule has 0 atom stereocenters. The van der Waals surface area contributed by atoms with Crippen LogP contribution in [-0.2, 0) is 24.3 Å². The van der Waals surface area contributed by atoms with Gasteiger partial charge in [-0.2, -0.15) is 0 Å². The third-order valence-electron chi connectivity index (χ3n) is 6.70. The minimum absolute atomic E-state index is 0.0651. The summed E-state index contributed by atoms with van der Waals surface area (Å²) in [6.07, 6.45) is 0.601. The lowest BCUT2D eigenvalue weighted by Crippen LogP contribution is -2.27. The van der Waals surface area contributed by atoms with E-state index >= 15 is 4.39 Å². The van der Waals surface area contributed by atoms with Crippen LogP contribution in [0.2, 0.25) is 0 Å². The average molecular weight is 567 g/mol. The van der Waals surface area contributed by atoms with Gasteiger partial charge < -0.3 is 9.47 Å². The number of ether oxygens (including phenoxy) is 2. The second-order valence-electron chi connectivity index (χ2n) is 9.50. The van der Waals surface area contributed by atoms with Crippen LogP contribution < -0.4 is 10.3 Å². The summed E-state index contributed by atoms with van der Waals surface area (Å²) in [7, 11) is 0. The Labute approximate surface area is 243 Å². The SMILES string of the molecule is C=C(OCC)c1ccc(-c2c(C)nc(-c3cccc(F)c3OCc3ccccc3)n(CCc3ccccc3)c2=O)s1. The van der Waals surface area contributed by atoms with Crippen molar-refractivity contribution in [3.8, 4) is 27.6 Å². The Morgan fingerprint density at radius 1 is 0.951 bits per heavy atom. The molecule has 7 heteroatoms. The van der Waals surface area contributed by atoms with Gasteiger partial charge in [0.15, 0.2) is 11.6 Å². The molecule has 0 saturated carbocycles. The summed E-state index contributed by atoms with van der Waals surface area (Å²) in [5.74, 6) is 0.484. The molecule has 0 bridgehead atoms. The topological polar surface area (TPSA) is 53.4 Å². The lowest BCUT2D eigenvalue weighted by Gasteiger charge is -2.18. The van der Waals surface area contributed by atoms with Crippen molar-refractivity contribution in [1.82, 2.24) is 9.55 Å². The number of hydrogen-bond acceptors (Lipinski definition) is 5. The number of hydrogen-bond donors (Lipinski definition) is 0. The molecule has 0 aliphatic heterocycles. The van der Waals surface area contributed by atoms with Gasteiger partial charge in [0, 0.05) is 11.4 Å². The summed E-state index contributed by atoms with van der Waals surface area (Å²) in [5.41, 5.74) is 3.28. The predicted molar refractivity (Wildman–Crippen MR) is 164 cm³/mol. The highest BCUT2D eigenvalue weighted by Crippen LogP contribution is 2.35.